The Morgan fingerprint density at radius 1 is 1.37 bits per heavy atom. The van der Waals surface area contributed by atoms with Crippen molar-refractivity contribution in [2.24, 2.45) is 0 Å². The van der Waals surface area contributed by atoms with Crippen molar-refractivity contribution in [3.05, 3.63) is 34.3 Å². The minimum atomic E-state index is -0.306. The molecule has 1 heterocycles. The second kappa shape index (κ2) is 5.41. The van der Waals surface area contributed by atoms with Gasteiger partial charge in [0.1, 0.15) is 12.4 Å². The van der Waals surface area contributed by atoms with Crippen LogP contribution in [0.3, 0.4) is 0 Å². The number of esters is 1. The fourth-order valence-electron chi connectivity index (χ4n) is 2.30. The summed E-state index contributed by atoms with van der Waals surface area (Å²) in [6.07, 6.45) is 10.1. The molecule has 1 saturated carbocycles. The highest BCUT2D eigenvalue weighted by Crippen LogP contribution is 2.40. The number of ether oxygens (including phenoxy) is 1. The summed E-state index contributed by atoms with van der Waals surface area (Å²) in [5.74, 6) is 0.107. The molecule has 0 radical (unpaired) electrons. The fraction of sp³-hybridized carbons (Fsp3) is 0.500. The van der Waals surface area contributed by atoms with Gasteiger partial charge in [-0.25, -0.2) is 14.8 Å². The number of hydrogen-bond donors (Lipinski definition) is 0. The molecule has 1 atom stereocenters. The van der Waals surface area contributed by atoms with Gasteiger partial charge in [-0.05, 0) is 32.1 Å². The monoisotopic (exact) mass is 322 g/mol. The highest BCUT2D eigenvalue weighted by atomic mass is 79.9. The average molecular weight is 323 g/mol. The second-order valence-corrected chi connectivity index (χ2v) is 5.93. The van der Waals surface area contributed by atoms with Crippen LogP contribution in [0, 0.1) is 0 Å². The summed E-state index contributed by atoms with van der Waals surface area (Å²) in [7, 11) is 0. The lowest BCUT2D eigenvalue weighted by atomic mass is 10.1. The number of carbonyl (C=O) groups excluding carboxylic acids is 1. The van der Waals surface area contributed by atoms with E-state index < -0.39 is 0 Å². The van der Waals surface area contributed by atoms with Crippen molar-refractivity contribution < 1.29 is 9.53 Å². The average Bonchev–Trinajstić information content (AvgIpc) is 3.26. The highest BCUT2D eigenvalue weighted by molar-refractivity contribution is 9.11. The van der Waals surface area contributed by atoms with E-state index in [1.165, 1.54) is 6.33 Å². The van der Waals surface area contributed by atoms with Crippen molar-refractivity contribution in [1.82, 2.24) is 9.97 Å². The molecule has 1 unspecified atom stereocenters. The molecule has 1 aromatic rings. The SMILES string of the molecule is O=C(OC1CCCC=C1Br)c1cncnc1C1CC1. The molecule has 1 fully saturated rings. The lowest BCUT2D eigenvalue weighted by Gasteiger charge is -2.21. The molecule has 2 aliphatic carbocycles. The maximum Gasteiger partial charge on any atom is 0.342 e. The van der Waals surface area contributed by atoms with Crippen LogP contribution in [-0.4, -0.2) is 22.0 Å². The molecular weight excluding hydrogens is 308 g/mol. The van der Waals surface area contributed by atoms with Gasteiger partial charge in [0.15, 0.2) is 0 Å². The molecule has 3 rings (SSSR count). The van der Waals surface area contributed by atoms with E-state index in [9.17, 15) is 4.79 Å². The number of hydrogen-bond acceptors (Lipinski definition) is 4. The van der Waals surface area contributed by atoms with Crippen LogP contribution in [-0.2, 0) is 4.74 Å². The molecular formula is C14H15BrN2O2. The minimum absolute atomic E-state index is 0.159. The van der Waals surface area contributed by atoms with E-state index in [4.69, 9.17) is 4.74 Å². The van der Waals surface area contributed by atoms with Crippen molar-refractivity contribution in [3.8, 4) is 0 Å². The van der Waals surface area contributed by atoms with E-state index in [-0.39, 0.29) is 12.1 Å². The van der Waals surface area contributed by atoms with Crippen LogP contribution < -0.4 is 0 Å². The van der Waals surface area contributed by atoms with E-state index in [0.29, 0.717) is 11.5 Å². The van der Waals surface area contributed by atoms with Gasteiger partial charge < -0.3 is 4.74 Å². The predicted molar refractivity (Wildman–Crippen MR) is 74.1 cm³/mol. The van der Waals surface area contributed by atoms with E-state index in [2.05, 4.69) is 32.0 Å². The van der Waals surface area contributed by atoms with Gasteiger partial charge in [0, 0.05) is 16.6 Å². The van der Waals surface area contributed by atoms with Crippen LogP contribution in [0.2, 0.25) is 0 Å². The maximum absolute atomic E-state index is 12.3. The quantitative estimate of drug-likeness (QED) is 0.801. The van der Waals surface area contributed by atoms with Crippen LogP contribution in [0.5, 0.6) is 0 Å². The van der Waals surface area contributed by atoms with Crippen molar-refractivity contribution in [2.45, 2.75) is 44.1 Å². The molecule has 0 aromatic carbocycles. The van der Waals surface area contributed by atoms with E-state index in [1.807, 2.05) is 0 Å². The van der Waals surface area contributed by atoms with Gasteiger partial charge in [0.05, 0.1) is 11.3 Å². The summed E-state index contributed by atoms with van der Waals surface area (Å²) >= 11 is 3.47. The summed E-state index contributed by atoms with van der Waals surface area (Å²) in [4.78, 5) is 20.4. The first-order valence-corrected chi connectivity index (χ1v) is 7.41. The molecule has 0 spiro atoms. The van der Waals surface area contributed by atoms with Gasteiger partial charge in [-0.2, -0.15) is 0 Å². The molecule has 0 amide bonds. The topological polar surface area (TPSA) is 52.1 Å². The number of rotatable bonds is 3. The first-order chi connectivity index (χ1) is 9.25. The third-order valence-corrected chi connectivity index (χ3v) is 4.33. The zero-order valence-corrected chi connectivity index (χ0v) is 12.1. The van der Waals surface area contributed by atoms with Crippen LogP contribution in [0.4, 0.5) is 0 Å². The number of aromatic nitrogens is 2. The van der Waals surface area contributed by atoms with Gasteiger partial charge in [-0.15, -0.1) is 0 Å². The van der Waals surface area contributed by atoms with Gasteiger partial charge in [0.2, 0.25) is 0 Å². The minimum Gasteiger partial charge on any atom is -0.453 e. The largest absolute Gasteiger partial charge is 0.453 e. The van der Waals surface area contributed by atoms with Crippen LogP contribution >= 0.6 is 15.9 Å². The number of nitrogens with zero attached hydrogens (tertiary/aromatic N) is 2. The van der Waals surface area contributed by atoms with Crippen molar-refractivity contribution in [2.75, 3.05) is 0 Å². The fourth-order valence-corrected chi connectivity index (χ4v) is 2.85. The molecule has 1 aromatic heterocycles. The Bertz CT molecular complexity index is 526. The smallest absolute Gasteiger partial charge is 0.342 e. The standard InChI is InChI=1S/C14H15BrN2O2/c15-11-3-1-2-4-12(11)19-14(18)10-7-16-8-17-13(10)9-5-6-9/h3,7-9,12H,1-2,4-6H2. The Hall–Kier alpha value is -1.23. The van der Waals surface area contributed by atoms with Gasteiger partial charge in [-0.1, -0.05) is 22.0 Å². The molecule has 100 valence electrons. The van der Waals surface area contributed by atoms with E-state index >= 15 is 0 Å². The molecule has 2 aliphatic rings. The van der Waals surface area contributed by atoms with Gasteiger partial charge in [0.25, 0.3) is 0 Å². The Balaban J connectivity index is 1.77. The Labute approximate surface area is 120 Å². The number of allylic oxidation sites excluding steroid dienone is 1. The zero-order valence-electron chi connectivity index (χ0n) is 10.5. The van der Waals surface area contributed by atoms with Crippen LogP contribution in [0.25, 0.3) is 0 Å². The van der Waals surface area contributed by atoms with Crippen molar-refractivity contribution >= 4 is 21.9 Å². The normalized spacial score (nSPS) is 22.8. The third-order valence-electron chi connectivity index (χ3n) is 3.49. The summed E-state index contributed by atoms with van der Waals surface area (Å²) in [6.45, 7) is 0. The lowest BCUT2D eigenvalue weighted by Crippen LogP contribution is -2.21. The molecule has 0 saturated heterocycles. The molecule has 4 nitrogen and oxygen atoms in total. The predicted octanol–water partition coefficient (Wildman–Crippen LogP) is 3.34. The summed E-state index contributed by atoms with van der Waals surface area (Å²) in [5.41, 5.74) is 1.37. The second-order valence-electron chi connectivity index (χ2n) is 5.01. The maximum atomic E-state index is 12.3. The van der Waals surface area contributed by atoms with E-state index in [1.54, 1.807) is 6.20 Å². The van der Waals surface area contributed by atoms with Crippen LogP contribution in [0.1, 0.15) is 54.1 Å². The summed E-state index contributed by atoms with van der Waals surface area (Å²) in [5, 5.41) is 0. The van der Waals surface area contributed by atoms with E-state index in [0.717, 1.165) is 42.3 Å². The molecule has 19 heavy (non-hydrogen) atoms. The number of carbonyl (C=O) groups is 1. The molecule has 0 N–H and O–H groups in total. The van der Waals surface area contributed by atoms with Crippen molar-refractivity contribution in [1.29, 1.82) is 0 Å². The summed E-state index contributed by atoms with van der Waals surface area (Å²) in [6, 6.07) is 0. The molecule has 0 bridgehead atoms. The zero-order chi connectivity index (χ0) is 13.2. The van der Waals surface area contributed by atoms with Crippen molar-refractivity contribution in [3.63, 3.8) is 0 Å². The molecule has 0 aliphatic heterocycles. The van der Waals surface area contributed by atoms with Gasteiger partial charge >= 0.3 is 5.97 Å². The Morgan fingerprint density at radius 2 is 2.21 bits per heavy atom. The Morgan fingerprint density at radius 3 is 2.95 bits per heavy atom. The molecule has 5 heteroatoms. The third kappa shape index (κ3) is 2.86. The first-order valence-electron chi connectivity index (χ1n) is 6.62. The first kappa shape index (κ1) is 12.8. The Kier molecular flexibility index (Phi) is 3.64. The lowest BCUT2D eigenvalue weighted by molar-refractivity contribution is 0.0361. The van der Waals surface area contributed by atoms with Gasteiger partial charge in [-0.3, -0.25) is 0 Å². The highest BCUT2D eigenvalue weighted by Gasteiger charge is 2.31. The number of halogens is 1. The summed E-state index contributed by atoms with van der Waals surface area (Å²) < 4.78 is 6.54. The van der Waals surface area contributed by atoms with Crippen LogP contribution in [0.15, 0.2) is 23.1 Å².